The van der Waals surface area contributed by atoms with E-state index in [-0.39, 0.29) is 0 Å². The van der Waals surface area contributed by atoms with Crippen LogP contribution >= 0.6 is 11.8 Å². The minimum Gasteiger partial charge on any atom is -0.312 e. The van der Waals surface area contributed by atoms with Gasteiger partial charge in [0.2, 0.25) is 0 Å². The fraction of sp³-hybridized carbons (Fsp3) is 0.333. The molecule has 0 saturated heterocycles. The summed E-state index contributed by atoms with van der Waals surface area (Å²) in [5.41, 5.74) is 4.01. The van der Waals surface area contributed by atoms with Gasteiger partial charge in [-0.05, 0) is 25.0 Å². The third-order valence-electron chi connectivity index (χ3n) is 2.53. The molecule has 0 unspecified atom stereocenters. The molecular weight excluding hydrogens is 218 g/mol. The van der Waals surface area contributed by atoms with E-state index in [0.717, 1.165) is 10.9 Å². The Morgan fingerprint density at radius 3 is 2.81 bits per heavy atom. The predicted molar refractivity (Wildman–Crippen MR) is 66.5 cm³/mol. The van der Waals surface area contributed by atoms with Crippen LogP contribution in [0.2, 0.25) is 0 Å². The van der Waals surface area contributed by atoms with Crippen molar-refractivity contribution >= 4 is 11.8 Å². The first-order valence-electron chi connectivity index (χ1n) is 5.20. The van der Waals surface area contributed by atoms with Gasteiger partial charge < -0.3 is 4.57 Å². The molecule has 84 valence electrons. The average molecular weight is 233 g/mol. The fourth-order valence-electron chi connectivity index (χ4n) is 1.50. The van der Waals surface area contributed by atoms with Gasteiger partial charge in [-0.3, -0.25) is 0 Å². The second-order valence-corrected chi connectivity index (χ2v) is 4.89. The highest BCUT2D eigenvalue weighted by molar-refractivity contribution is 7.98. The standard InChI is InChI=1S/C12H15N3S/c1-9-4-5-10(2)11(6-9)7-16-12-14-13-8-15(12)3/h4-6,8H,7H2,1-3H3. The molecule has 0 aliphatic carbocycles. The van der Waals surface area contributed by atoms with Crippen molar-refractivity contribution in [2.24, 2.45) is 7.05 Å². The maximum atomic E-state index is 4.06. The molecule has 0 fully saturated rings. The van der Waals surface area contributed by atoms with Crippen LogP contribution in [0.25, 0.3) is 0 Å². The Kier molecular flexibility index (Phi) is 3.29. The summed E-state index contributed by atoms with van der Waals surface area (Å²) in [5.74, 6) is 0.944. The topological polar surface area (TPSA) is 30.7 Å². The van der Waals surface area contributed by atoms with Crippen molar-refractivity contribution in [1.29, 1.82) is 0 Å². The molecular formula is C12H15N3S. The fourth-order valence-corrected chi connectivity index (χ4v) is 2.45. The Morgan fingerprint density at radius 1 is 1.31 bits per heavy atom. The van der Waals surface area contributed by atoms with Crippen LogP contribution in [0.15, 0.2) is 29.7 Å². The van der Waals surface area contributed by atoms with Crippen molar-refractivity contribution in [3.63, 3.8) is 0 Å². The van der Waals surface area contributed by atoms with E-state index in [1.807, 2.05) is 11.6 Å². The Labute approximate surface area is 99.9 Å². The van der Waals surface area contributed by atoms with Gasteiger partial charge in [0.15, 0.2) is 5.16 Å². The predicted octanol–water partition coefficient (Wildman–Crippen LogP) is 2.72. The molecule has 0 amide bonds. The van der Waals surface area contributed by atoms with Gasteiger partial charge in [0.25, 0.3) is 0 Å². The smallest absolute Gasteiger partial charge is 0.191 e. The number of nitrogens with zero attached hydrogens (tertiary/aromatic N) is 3. The van der Waals surface area contributed by atoms with E-state index in [9.17, 15) is 0 Å². The minimum absolute atomic E-state index is 0.944. The maximum absolute atomic E-state index is 4.06. The number of aromatic nitrogens is 3. The van der Waals surface area contributed by atoms with Gasteiger partial charge in [-0.15, -0.1) is 10.2 Å². The summed E-state index contributed by atoms with van der Waals surface area (Å²) in [6, 6.07) is 6.55. The van der Waals surface area contributed by atoms with E-state index < -0.39 is 0 Å². The van der Waals surface area contributed by atoms with Crippen LogP contribution in [0, 0.1) is 13.8 Å². The lowest BCUT2D eigenvalue weighted by atomic mass is 10.1. The summed E-state index contributed by atoms with van der Waals surface area (Å²) in [7, 11) is 1.96. The second-order valence-electron chi connectivity index (χ2n) is 3.94. The summed E-state index contributed by atoms with van der Waals surface area (Å²) in [6.45, 7) is 4.27. The minimum atomic E-state index is 0.944. The highest BCUT2D eigenvalue weighted by atomic mass is 32.2. The lowest BCUT2D eigenvalue weighted by Crippen LogP contribution is -1.92. The summed E-state index contributed by atoms with van der Waals surface area (Å²) in [5, 5.41) is 8.88. The number of aryl methyl sites for hydroxylation is 3. The molecule has 4 heteroatoms. The largest absolute Gasteiger partial charge is 0.312 e. The second kappa shape index (κ2) is 4.70. The van der Waals surface area contributed by atoms with Crippen LogP contribution in [-0.4, -0.2) is 14.8 Å². The van der Waals surface area contributed by atoms with Crippen LogP contribution in [0.4, 0.5) is 0 Å². The Balaban J connectivity index is 2.10. The molecule has 0 aliphatic rings. The van der Waals surface area contributed by atoms with Gasteiger partial charge in [-0.1, -0.05) is 35.5 Å². The monoisotopic (exact) mass is 233 g/mol. The highest BCUT2D eigenvalue weighted by Gasteiger charge is 2.04. The first-order valence-corrected chi connectivity index (χ1v) is 6.18. The zero-order valence-electron chi connectivity index (χ0n) is 9.77. The molecule has 16 heavy (non-hydrogen) atoms. The number of thioether (sulfide) groups is 1. The molecule has 0 radical (unpaired) electrons. The van der Waals surface area contributed by atoms with E-state index in [0.29, 0.717) is 0 Å². The quantitative estimate of drug-likeness (QED) is 0.764. The van der Waals surface area contributed by atoms with Gasteiger partial charge in [0.1, 0.15) is 6.33 Å². The first-order chi connectivity index (χ1) is 7.66. The van der Waals surface area contributed by atoms with Gasteiger partial charge in [-0.2, -0.15) is 0 Å². The van der Waals surface area contributed by atoms with Crippen molar-refractivity contribution in [3.8, 4) is 0 Å². The van der Waals surface area contributed by atoms with Gasteiger partial charge in [-0.25, -0.2) is 0 Å². The first kappa shape index (κ1) is 11.2. The number of rotatable bonds is 3. The lowest BCUT2D eigenvalue weighted by Gasteiger charge is -2.06. The third-order valence-corrected chi connectivity index (χ3v) is 3.61. The van der Waals surface area contributed by atoms with Crippen LogP contribution < -0.4 is 0 Å². The average Bonchev–Trinajstić information content (AvgIpc) is 2.66. The summed E-state index contributed by atoms with van der Waals surface area (Å²) in [4.78, 5) is 0. The number of benzene rings is 1. The van der Waals surface area contributed by atoms with E-state index in [1.54, 1.807) is 18.1 Å². The molecule has 0 aliphatic heterocycles. The Morgan fingerprint density at radius 2 is 2.12 bits per heavy atom. The van der Waals surface area contributed by atoms with Crippen LogP contribution in [0.1, 0.15) is 16.7 Å². The van der Waals surface area contributed by atoms with E-state index in [2.05, 4.69) is 42.2 Å². The van der Waals surface area contributed by atoms with Gasteiger partial charge in [0, 0.05) is 12.8 Å². The number of hydrogen-bond donors (Lipinski definition) is 0. The molecule has 0 N–H and O–H groups in total. The normalized spacial score (nSPS) is 10.7. The molecule has 0 spiro atoms. The molecule has 0 bridgehead atoms. The van der Waals surface area contributed by atoms with E-state index >= 15 is 0 Å². The van der Waals surface area contributed by atoms with E-state index in [4.69, 9.17) is 0 Å². The highest BCUT2D eigenvalue weighted by Crippen LogP contribution is 2.22. The van der Waals surface area contributed by atoms with Gasteiger partial charge in [0.05, 0.1) is 0 Å². The molecule has 2 rings (SSSR count). The van der Waals surface area contributed by atoms with Crippen LogP contribution in [0.5, 0.6) is 0 Å². The van der Waals surface area contributed by atoms with E-state index in [1.165, 1.54) is 16.7 Å². The van der Waals surface area contributed by atoms with Crippen molar-refractivity contribution in [2.75, 3.05) is 0 Å². The zero-order chi connectivity index (χ0) is 11.5. The lowest BCUT2D eigenvalue weighted by molar-refractivity contribution is 0.788. The summed E-state index contributed by atoms with van der Waals surface area (Å²) < 4.78 is 1.94. The summed E-state index contributed by atoms with van der Waals surface area (Å²) in [6.07, 6.45) is 1.73. The molecule has 1 aromatic carbocycles. The van der Waals surface area contributed by atoms with Crippen LogP contribution in [-0.2, 0) is 12.8 Å². The van der Waals surface area contributed by atoms with Crippen LogP contribution in [0.3, 0.4) is 0 Å². The molecule has 3 nitrogen and oxygen atoms in total. The summed E-state index contributed by atoms with van der Waals surface area (Å²) >= 11 is 1.72. The van der Waals surface area contributed by atoms with Crippen molar-refractivity contribution in [1.82, 2.24) is 14.8 Å². The SMILES string of the molecule is Cc1ccc(C)c(CSc2nncn2C)c1. The molecule has 0 saturated carbocycles. The third kappa shape index (κ3) is 2.44. The molecule has 1 aromatic heterocycles. The van der Waals surface area contributed by atoms with Crippen molar-refractivity contribution < 1.29 is 0 Å². The molecule has 0 atom stereocenters. The van der Waals surface area contributed by atoms with Crippen molar-refractivity contribution in [2.45, 2.75) is 24.8 Å². The molecule has 1 heterocycles. The zero-order valence-corrected chi connectivity index (χ0v) is 10.6. The Hall–Kier alpha value is -1.29. The Bertz CT molecular complexity index is 491. The number of hydrogen-bond acceptors (Lipinski definition) is 3. The maximum Gasteiger partial charge on any atom is 0.191 e. The molecule has 2 aromatic rings. The van der Waals surface area contributed by atoms with Gasteiger partial charge >= 0.3 is 0 Å². The van der Waals surface area contributed by atoms with Crippen molar-refractivity contribution in [3.05, 3.63) is 41.2 Å².